The van der Waals surface area contributed by atoms with Crippen LogP contribution in [0.15, 0.2) is 42.5 Å². The summed E-state index contributed by atoms with van der Waals surface area (Å²) < 4.78 is 5.36. The van der Waals surface area contributed by atoms with Gasteiger partial charge in [0, 0.05) is 30.9 Å². The molecule has 104 valence electrons. The van der Waals surface area contributed by atoms with Crippen LogP contribution in [0.3, 0.4) is 0 Å². The van der Waals surface area contributed by atoms with Gasteiger partial charge in [-0.25, -0.2) is 4.79 Å². The Kier molecular flexibility index (Phi) is 3.94. The van der Waals surface area contributed by atoms with Crippen molar-refractivity contribution in [1.29, 1.82) is 0 Å². The lowest BCUT2D eigenvalue weighted by Gasteiger charge is -2.19. The maximum Gasteiger partial charge on any atom is 0.335 e. The molecule has 0 unspecified atom stereocenters. The van der Waals surface area contributed by atoms with Crippen molar-refractivity contribution < 1.29 is 14.6 Å². The molecule has 1 N–H and O–H groups in total. The number of anilines is 1. The van der Waals surface area contributed by atoms with Gasteiger partial charge < -0.3 is 14.7 Å². The Morgan fingerprint density at radius 3 is 2.40 bits per heavy atom. The summed E-state index contributed by atoms with van der Waals surface area (Å²) in [4.78, 5) is 13.1. The predicted molar refractivity (Wildman–Crippen MR) is 79.7 cm³/mol. The topological polar surface area (TPSA) is 49.8 Å². The highest BCUT2D eigenvalue weighted by atomic mass is 16.5. The van der Waals surface area contributed by atoms with Crippen LogP contribution in [-0.4, -0.2) is 32.3 Å². The van der Waals surface area contributed by atoms with E-state index < -0.39 is 5.97 Å². The van der Waals surface area contributed by atoms with Crippen molar-refractivity contribution in [2.75, 3.05) is 26.1 Å². The number of hydrogen-bond acceptors (Lipinski definition) is 3. The minimum Gasteiger partial charge on any atom is -0.496 e. The first-order valence-corrected chi connectivity index (χ1v) is 6.22. The van der Waals surface area contributed by atoms with Crippen molar-refractivity contribution in [3.63, 3.8) is 0 Å². The van der Waals surface area contributed by atoms with E-state index in [1.54, 1.807) is 25.3 Å². The second kappa shape index (κ2) is 5.65. The van der Waals surface area contributed by atoms with E-state index in [4.69, 9.17) is 9.84 Å². The van der Waals surface area contributed by atoms with Crippen molar-refractivity contribution in [3.05, 3.63) is 48.0 Å². The van der Waals surface area contributed by atoms with Crippen molar-refractivity contribution >= 4 is 11.7 Å². The molecular weight excluding hydrogens is 254 g/mol. The molecule has 20 heavy (non-hydrogen) atoms. The molecule has 0 radical (unpaired) electrons. The highest BCUT2D eigenvalue weighted by Gasteiger charge is 2.14. The molecular formula is C16H17NO3. The van der Waals surface area contributed by atoms with Crippen LogP contribution in [0.2, 0.25) is 0 Å². The Balaban J connectivity index is 2.67. The third-order valence-corrected chi connectivity index (χ3v) is 3.12. The number of carboxylic acids is 1. The quantitative estimate of drug-likeness (QED) is 0.928. The maximum absolute atomic E-state index is 11.2. The van der Waals surface area contributed by atoms with E-state index in [9.17, 15) is 4.79 Å². The molecule has 0 aromatic heterocycles. The first-order chi connectivity index (χ1) is 9.54. The monoisotopic (exact) mass is 271 g/mol. The molecule has 0 bridgehead atoms. The fourth-order valence-corrected chi connectivity index (χ4v) is 2.14. The van der Waals surface area contributed by atoms with Gasteiger partial charge in [0.2, 0.25) is 0 Å². The molecule has 2 aromatic rings. The molecule has 0 heterocycles. The van der Waals surface area contributed by atoms with Crippen LogP contribution >= 0.6 is 0 Å². The third-order valence-electron chi connectivity index (χ3n) is 3.12. The van der Waals surface area contributed by atoms with Gasteiger partial charge in [-0.3, -0.25) is 0 Å². The molecule has 2 aromatic carbocycles. The summed E-state index contributed by atoms with van der Waals surface area (Å²) in [6.45, 7) is 0. The highest BCUT2D eigenvalue weighted by Crippen LogP contribution is 2.36. The predicted octanol–water partition coefficient (Wildman–Crippen LogP) is 3.13. The standard InChI is InChI=1S/C16H17NO3/c1-17(2)14-7-5-4-6-12(14)13-10-11(16(18)19)8-9-15(13)20-3/h4-10H,1-3H3,(H,18,19). The van der Waals surface area contributed by atoms with Crippen molar-refractivity contribution in [3.8, 4) is 16.9 Å². The molecule has 2 rings (SSSR count). The van der Waals surface area contributed by atoms with Gasteiger partial charge in [-0.05, 0) is 24.3 Å². The van der Waals surface area contributed by atoms with Gasteiger partial charge in [0.1, 0.15) is 5.75 Å². The van der Waals surface area contributed by atoms with Crippen LogP contribution in [-0.2, 0) is 0 Å². The number of carboxylic acid groups (broad SMARTS) is 1. The summed E-state index contributed by atoms with van der Waals surface area (Å²) in [5.41, 5.74) is 2.97. The average molecular weight is 271 g/mol. The molecule has 0 saturated carbocycles. The van der Waals surface area contributed by atoms with E-state index in [0.29, 0.717) is 5.75 Å². The summed E-state index contributed by atoms with van der Waals surface area (Å²) in [5, 5.41) is 9.15. The molecule has 0 aliphatic rings. The van der Waals surface area contributed by atoms with E-state index in [2.05, 4.69) is 0 Å². The largest absolute Gasteiger partial charge is 0.496 e. The van der Waals surface area contributed by atoms with E-state index >= 15 is 0 Å². The van der Waals surface area contributed by atoms with Crippen molar-refractivity contribution in [2.45, 2.75) is 0 Å². The third kappa shape index (κ3) is 2.59. The SMILES string of the molecule is COc1ccc(C(=O)O)cc1-c1ccccc1N(C)C. The molecule has 4 heteroatoms. The summed E-state index contributed by atoms with van der Waals surface area (Å²) in [6.07, 6.45) is 0. The smallest absolute Gasteiger partial charge is 0.335 e. The van der Waals surface area contributed by atoms with Gasteiger partial charge in [-0.1, -0.05) is 18.2 Å². The number of hydrogen-bond donors (Lipinski definition) is 1. The molecule has 0 fully saturated rings. The summed E-state index contributed by atoms with van der Waals surface area (Å²) >= 11 is 0. The zero-order valence-electron chi connectivity index (χ0n) is 11.8. The fourth-order valence-electron chi connectivity index (χ4n) is 2.14. The van der Waals surface area contributed by atoms with Gasteiger partial charge in [-0.2, -0.15) is 0 Å². The summed E-state index contributed by atoms with van der Waals surface area (Å²) in [5.74, 6) is -0.291. The minimum absolute atomic E-state index is 0.245. The van der Waals surface area contributed by atoms with Crippen molar-refractivity contribution in [1.82, 2.24) is 0 Å². The van der Waals surface area contributed by atoms with Crippen molar-refractivity contribution in [2.24, 2.45) is 0 Å². The van der Waals surface area contributed by atoms with Crippen LogP contribution in [0, 0.1) is 0 Å². The molecule has 0 amide bonds. The Morgan fingerprint density at radius 2 is 1.80 bits per heavy atom. The maximum atomic E-state index is 11.2. The van der Waals surface area contributed by atoms with Gasteiger partial charge in [-0.15, -0.1) is 0 Å². The number of ether oxygens (including phenoxy) is 1. The van der Waals surface area contributed by atoms with E-state index in [0.717, 1.165) is 16.8 Å². The van der Waals surface area contributed by atoms with E-state index in [-0.39, 0.29) is 5.56 Å². The average Bonchev–Trinajstić information content (AvgIpc) is 2.46. The van der Waals surface area contributed by atoms with E-state index in [1.807, 2.05) is 43.3 Å². The fraction of sp³-hybridized carbons (Fsp3) is 0.188. The molecule has 4 nitrogen and oxygen atoms in total. The second-order valence-corrected chi connectivity index (χ2v) is 4.63. The first-order valence-electron chi connectivity index (χ1n) is 6.22. The zero-order chi connectivity index (χ0) is 14.7. The van der Waals surface area contributed by atoms with Crippen LogP contribution < -0.4 is 9.64 Å². The number of aromatic carboxylic acids is 1. The van der Waals surface area contributed by atoms with E-state index in [1.165, 1.54) is 0 Å². The number of rotatable bonds is 4. The second-order valence-electron chi connectivity index (χ2n) is 4.63. The molecule has 0 atom stereocenters. The first kappa shape index (κ1) is 13.9. The molecule has 0 aliphatic carbocycles. The highest BCUT2D eigenvalue weighted by molar-refractivity contribution is 5.92. The zero-order valence-corrected chi connectivity index (χ0v) is 11.8. The van der Waals surface area contributed by atoms with Gasteiger partial charge >= 0.3 is 5.97 Å². The Bertz CT molecular complexity index is 635. The Labute approximate surface area is 118 Å². The number of methoxy groups -OCH3 is 1. The van der Waals surface area contributed by atoms with Crippen LogP contribution in [0.1, 0.15) is 10.4 Å². The lowest BCUT2D eigenvalue weighted by Crippen LogP contribution is -2.10. The van der Waals surface area contributed by atoms with Gasteiger partial charge in [0.25, 0.3) is 0 Å². The van der Waals surface area contributed by atoms with Crippen LogP contribution in [0.5, 0.6) is 5.75 Å². The lowest BCUT2D eigenvalue weighted by molar-refractivity contribution is 0.0697. The minimum atomic E-state index is -0.948. The Morgan fingerprint density at radius 1 is 1.10 bits per heavy atom. The van der Waals surface area contributed by atoms with Gasteiger partial charge in [0.15, 0.2) is 0 Å². The normalized spacial score (nSPS) is 10.2. The molecule has 0 saturated heterocycles. The number of benzene rings is 2. The summed E-state index contributed by atoms with van der Waals surface area (Å²) in [6, 6.07) is 12.7. The summed E-state index contributed by atoms with van der Waals surface area (Å²) in [7, 11) is 5.48. The lowest BCUT2D eigenvalue weighted by atomic mass is 9.99. The molecule has 0 aliphatic heterocycles. The van der Waals surface area contributed by atoms with Gasteiger partial charge in [0.05, 0.1) is 12.7 Å². The Hall–Kier alpha value is -2.49. The molecule has 0 spiro atoms. The van der Waals surface area contributed by atoms with Crippen LogP contribution in [0.4, 0.5) is 5.69 Å². The number of nitrogens with zero attached hydrogens (tertiary/aromatic N) is 1. The number of para-hydroxylation sites is 1. The van der Waals surface area contributed by atoms with Crippen LogP contribution in [0.25, 0.3) is 11.1 Å². The number of carbonyl (C=O) groups is 1.